The van der Waals surface area contributed by atoms with Gasteiger partial charge in [-0.05, 0) is 22.3 Å². The van der Waals surface area contributed by atoms with Gasteiger partial charge in [0.1, 0.15) is 11.4 Å². The average Bonchev–Trinajstić information content (AvgIpc) is 3.62. The van der Waals surface area contributed by atoms with Gasteiger partial charge in [-0.3, -0.25) is 9.59 Å². The molecule has 2 aliphatic carbocycles. The number of carbonyl (C=O) groups excluding carboxylic acids is 2. The van der Waals surface area contributed by atoms with Crippen LogP contribution in [-0.2, 0) is 15.0 Å². The largest absolute Gasteiger partial charge is 0.365 e. The number of Topliss-reactive ketones (excluding diaryl/α,β-unsaturated/α-hetero) is 1. The number of rotatable bonds is 3. The Bertz CT molecular complexity index is 1160. The highest BCUT2D eigenvalue weighted by Gasteiger charge is 2.43. The molecule has 32 heavy (non-hydrogen) atoms. The molecule has 5 nitrogen and oxygen atoms in total. The fraction of sp³-hybridized carbons (Fsp3) is 0.333. The Morgan fingerprint density at radius 1 is 0.656 bits per heavy atom. The third-order valence-electron chi connectivity index (χ3n) is 6.98. The molecule has 0 unspecified atom stereocenters. The number of benzene rings is 2. The molecule has 7 rings (SSSR count). The molecule has 3 fully saturated rings. The quantitative estimate of drug-likeness (QED) is 0.558. The summed E-state index contributed by atoms with van der Waals surface area (Å²) in [5, 5.41) is 0. The highest BCUT2D eigenvalue weighted by Crippen LogP contribution is 2.48. The topological polar surface area (TPSA) is 43.2 Å². The van der Waals surface area contributed by atoms with E-state index in [9.17, 15) is 9.59 Å². The fourth-order valence-corrected chi connectivity index (χ4v) is 4.95. The van der Waals surface area contributed by atoms with Gasteiger partial charge in [0.2, 0.25) is 11.6 Å². The minimum Gasteiger partial charge on any atom is -0.365 e. The highest BCUT2D eigenvalue weighted by atomic mass is 16.1. The van der Waals surface area contributed by atoms with Crippen molar-refractivity contribution in [3.8, 4) is 11.1 Å². The van der Waals surface area contributed by atoms with Gasteiger partial charge in [-0.25, -0.2) is 0 Å². The molecule has 0 aromatic heterocycles. The van der Waals surface area contributed by atoms with Gasteiger partial charge in [-0.1, -0.05) is 62.4 Å². The number of fused-ring (bicyclic) bond motifs is 3. The summed E-state index contributed by atoms with van der Waals surface area (Å²) < 4.78 is 0. The zero-order valence-corrected chi connectivity index (χ0v) is 18.6. The van der Waals surface area contributed by atoms with E-state index in [1.807, 2.05) is 14.7 Å². The first-order chi connectivity index (χ1) is 15.5. The smallest absolute Gasteiger partial charge is 0.227 e. The lowest BCUT2D eigenvalue weighted by molar-refractivity contribution is -0.117. The normalized spacial score (nSPS) is 21.6. The van der Waals surface area contributed by atoms with Gasteiger partial charge in [0, 0.05) is 50.8 Å². The maximum atomic E-state index is 12.4. The summed E-state index contributed by atoms with van der Waals surface area (Å²) in [5.41, 5.74) is 7.75. The van der Waals surface area contributed by atoms with E-state index >= 15 is 0 Å². The van der Waals surface area contributed by atoms with Crippen molar-refractivity contribution in [1.82, 2.24) is 14.7 Å². The van der Waals surface area contributed by atoms with Crippen LogP contribution in [0, 0.1) is 0 Å². The second-order valence-electron chi connectivity index (χ2n) is 9.60. The van der Waals surface area contributed by atoms with E-state index in [1.54, 1.807) is 0 Å². The first-order valence-electron chi connectivity index (χ1n) is 11.5. The van der Waals surface area contributed by atoms with Crippen LogP contribution in [0.4, 0.5) is 0 Å². The number of hydrogen-bond acceptors (Lipinski definition) is 5. The van der Waals surface area contributed by atoms with Crippen LogP contribution >= 0.6 is 0 Å². The minimum absolute atomic E-state index is 0.00546. The summed E-state index contributed by atoms with van der Waals surface area (Å²) in [6, 6.07) is 17.4. The molecule has 0 amide bonds. The third-order valence-corrected chi connectivity index (χ3v) is 6.98. The second-order valence-corrected chi connectivity index (χ2v) is 9.60. The van der Waals surface area contributed by atoms with Gasteiger partial charge in [0.05, 0.1) is 5.70 Å². The van der Waals surface area contributed by atoms with Crippen LogP contribution in [0.2, 0.25) is 0 Å². The van der Waals surface area contributed by atoms with Gasteiger partial charge < -0.3 is 14.7 Å². The summed E-state index contributed by atoms with van der Waals surface area (Å²) >= 11 is 0. The molecule has 0 saturated carbocycles. The van der Waals surface area contributed by atoms with Crippen LogP contribution < -0.4 is 0 Å². The minimum atomic E-state index is 0.00546. The van der Waals surface area contributed by atoms with E-state index in [0.717, 1.165) is 39.3 Å². The van der Waals surface area contributed by atoms with E-state index in [2.05, 4.69) is 62.4 Å². The van der Waals surface area contributed by atoms with Crippen LogP contribution in [0.1, 0.15) is 25.0 Å². The van der Waals surface area contributed by atoms with Crippen molar-refractivity contribution >= 4 is 11.6 Å². The summed E-state index contributed by atoms with van der Waals surface area (Å²) in [7, 11) is 0. The molecule has 2 aromatic carbocycles. The van der Waals surface area contributed by atoms with Crippen LogP contribution in [0.5, 0.6) is 0 Å². The maximum Gasteiger partial charge on any atom is 0.227 e. The molecular formula is C27H27N3O2. The van der Waals surface area contributed by atoms with Crippen molar-refractivity contribution < 1.29 is 9.59 Å². The summed E-state index contributed by atoms with van der Waals surface area (Å²) in [5.74, 6) is 0.0485. The van der Waals surface area contributed by atoms with Crippen LogP contribution in [0.15, 0.2) is 71.7 Å². The third kappa shape index (κ3) is 3.07. The first kappa shape index (κ1) is 19.4. The number of hydrogen-bond donors (Lipinski definition) is 0. The Morgan fingerprint density at radius 2 is 1.12 bits per heavy atom. The molecule has 0 atom stereocenters. The molecular weight excluding hydrogens is 398 g/mol. The lowest BCUT2D eigenvalue weighted by Crippen LogP contribution is -2.29. The highest BCUT2D eigenvalue weighted by molar-refractivity contribution is 6.22. The van der Waals surface area contributed by atoms with Gasteiger partial charge in [-0.2, -0.15) is 0 Å². The molecule has 3 heterocycles. The SMILES string of the molecule is CC1(C)c2ccccc2-c2ccccc21.O=C1C=C(N2CC2)C(=O)C(N2CC2)=C1N1CC1. The number of ketones is 2. The molecule has 0 N–H and O–H groups in total. The van der Waals surface area contributed by atoms with Crippen molar-refractivity contribution in [1.29, 1.82) is 0 Å². The average molecular weight is 426 g/mol. The van der Waals surface area contributed by atoms with E-state index in [-0.39, 0.29) is 17.0 Å². The van der Waals surface area contributed by atoms with Crippen molar-refractivity contribution in [2.24, 2.45) is 0 Å². The Labute approximate surface area is 188 Å². The van der Waals surface area contributed by atoms with Crippen molar-refractivity contribution in [3.05, 3.63) is 82.8 Å². The monoisotopic (exact) mass is 425 g/mol. The Hall–Kier alpha value is -3.34. The van der Waals surface area contributed by atoms with Gasteiger partial charge in [0.25, 0.3) is 0 Å². The van der Waals surface area contributed by atoms with E-state index < -0.39 is 0 Å². The summed E-state index contributed by atoms with van der Waals surface area (Å²) in [4.78, 5) is 30.5. The van der Waals surface area contributed by atoms with Crippen LogP contribution in [0.3, 0.4) is 0 Å². The second kappa shape index (κ2) is 6.83. The van der Waals surface area contributed by atoms with Gasteiger partial charge in [0.15, 0.2) is 0 Å². The molecule has 3 saturated heterocycles. The molecule has 0 bridgehead atoms. The molecule has 0 radical (unpaired) electrons. The van der Waals surface area contributed by atoms with Crippen molar-refractivity contribution in [2.45, 2.75) is 19.3 Å². The summed E-state index contributed by atoms with van der Waals surface area (Å²) in [6.45, 7) is 10.0. The zero-order valence-electron chi connectivity index (χ0n) is 18.6. The molecule has 5 heteroatoms. The molecule has 162 valence electrons. The fourth-order valence-electron chi connectivity index (χ4n) is 4.95. The van der Waals surface area contributed by atoms with E-state index in [0.29, 0.717) is 17.1 Å². The lowest BCUT2D eigenvalue weighted by atomic mass is 9.82. The van der Waals surface area contributed by atoms with Gasteiger partial charge in [-0.15, -0.1) is 0 Å². The van der Waals surface area contributed by atoms with Crippen molar-refractivity contribution in [3.63, 3.8) is 0 Å². The maximum absolute atomic E-state index is 12.4. The zero-order chi connectivity index (χ0) is 22.0. The van der Waals surface area contributed by atoms with Gasteiger partial charge >= 0.3 is 0 Å². The molecule has 2 aromatic rings. The first-order valence-corrected chi connectivity index (χ1v) is 11.5. The predicted octanol–water partition coefficient (Wildman–Crippen LogP) is 3.17. The Morgan fingerprint density at radius 3 is 1.62 bits per heavy atom. The van der Waals surface area contributed by atoms with Crippen LogP contribution in [0.25, 0.3) is 11.1 Å². The molecule has 5 aliphatic rings. The lowest BCUT2D eigenvalue weighted by Gasteiger charge is -2.21. The predicted molar refractivity (Wildman–Crippen MR) is 124 cm³/mol. The number of nitrogens with zero attached hydrogens (tertiary/aromatic N) is 3. The Balaban J connectivity index is 0.000000123. The molecule has 0 spiro atoms. The number of carbonyl (C=O) groups is 2. The van der Waals surface area contributed by atoms with Crippen molar-refractivity contribution in [2.75, 3.05) is 39.3 Å². The number of allylic oxidation sites excluding steroid dienone is 1. The molecule has 3 aliphatic heterocycles. The van der Waals surface area contributed by atoms with E-state index in [4.69, 9.17) is 0 Å². The Kier molecular flexibility index (Phi) is 4.13. The standard InChI is InChI=1S/C15H14.C12H13N3O2/c1-15(2)13-9-5-3-7-11(13)12-8-4-6-10-14(12)15;16-9-7-8(13-1-2-13)12(17)11(15-5-6-15)10(9)14-3-4-14/h3-10H,1-2H3;7H,1-6H2. The van der Waals surface area contributed by atoms with Crippen LogP contribution in [-0.4, -0.2) is 65.5 Å². The summed E-state index contributed by atoms with van der Waals surface area (Å²) in [6.07, 6.45) is 1.52. The van der Waals surface area contributed by atoms with E-state index in [1.165, 1.54) is 28.3 Å².